The molecule has 9 heteroatoms. The van der Waals surface area contributed by atoms with Crippen molar-refractivity contribution >= 4 is 55.2 Å². The molecule has 1 amide bonds. The fourth-order valence-corrected chi connectivity index (χ4v) is 2.46. The van der Waals surface area contributed by atoms with Crippen molar-refractivity contribution in [2.45, 2.75) is 0 Å². The number of halogens is 3. The average molecular weight is 419 g/mol. The van der Waals surface area contributed by atoms with Crippen LogP contribution in [0.2, 0.25) is 0 Å². The lowest BCUT2D eigenvalue weighted by Crippen LogP contribution is -2.44. The van der Waals surface area contributed by atoms with Crippen LogP contribution in [0.5, 0.6) is 0 Å². The van der Waals surface area contributed by atoms with Crippen LogP contribution in [0.4, 0.5) is 5.82 Å². The first-order valence-corrected chi connectivity index (χ1v) is 7.57. The van der Waals surface area contributed by atoms with Gasteiger partial charge in [0.2, 0.25) is 5.91 Å². The summed E-state index contributed by atoms with van der Waals surface area (Å²) < 4.78 is 0. The van der Waals surface area contributed by atoms with Gasteiger partial charge in [0.15, 0.2) is 0 Å². The summed E-state index contributed by atoms with van der Waals surface area (Å²) in [5.41, 5.74) is 6.68. The monoisotopic (exact) mass is 417 g/mol. The molecule has 26 heavy (non-hydrogen) atoms. The zero-order valence-corrected chi connectivity index (χ0v) is 16.5. The van der Waals surface area contributed by atoms with E-state index in [1.54, 1.807) is 18.3 Å². The van der Waals surface area contributed by atoms with Gasteiger partial charge in [0.1, 0.15) is 5.82 Å². The largest absolute Gasteiger partial charge is 0.366 e. The van der Waals surface area contributed by atoms with Crippen molar-refractivity contribution in [3.8, 4) is 0 Å². The molecular weight excluding hydrogens is 397 g/mol. The zero-order valence-electron chi connectivity index (χ0n) is 14.0. The molecule has 6 nitrogen and oxygen atoms in total. The highest BCUT2D eigenvalue weighted by molar-refractivity contribution is 5.93. The van der Waals surface area contributed by atoms with E-state index in [1.165, 1.54) is 0 Å². The molecule has 142 valence electrons. The van der Waals surface area contributed by atoms with Crippen LogP contribution in [0.25, 0.3) is 0 Å². The maximum absolute atomic E-state index is 11.0. The Morgan fingerprint density at radius 2 is 1.65 bits per heavy atom. The predicted octanol–water partition coefficient (Wildman–Crippen LogP) is 2.60. The second-order valence-electron chi connectivity index (χ2n) is 5.36. The number of nitrogens with two attached hydrogens (primary N) is 1. The van der Waals surface area contributed by atoms with Crippen LogP contribution in [0.3, 0.4) is 0 Å². The third-order valence-corrected chi connectivity index (χ3v) is 3.79. The average Bonchev–Trinajstić information content (AvgIpc) is 2.61. The van der Waals surface area contributed by atoms with Gasteiger partial charge in [-0.2, -0.15) is 5.10 Å². The van der Waals surface area contributed by atoms with E-state index in [9.17, 15) is 4.79 Å². The van der Waals surface area contributed by atoms with Gasteiger partial charge in [-0.15, -0.1) is 37.2 Å². The molecule has 2 aromatic rings. The summed E-state index contributed by atoms with van der Waals surface area (Å²) in [6.45, 7) is 3.50. The van der Waals surface area contributed by atoms with Crippen molar-refractivity contribution in [1.29, 1.82) is 0 Å². The molecule has 0 aliphatic carbocycles. The standard InChI is InChI=1S/C17H19N5O.3ClH/c18-17(23)15-6-4-14(5-7-15)13-20-22-11-9-21(10-12-22)16-3-1-2-8-19-16;;;/h1-8,13H,9-12H2,(H2,18,23);3*1H. The van der Waals surface area contributed by atoms with Gasteiger partial charge in [0, 0.05) is 24.8 Å². The van der Waals surface area contributed by atoms with Gasteiger partial charge in [-0.3, -0.25) is 9.80 Å². The van der Waals surface area contributed by atoms with E-state index in [0.29, 0.717) is 5.56 Å². The van der Waals surface area contributed by atoms with Crippen LogP contribution in [0.1, 0.15) is 15.9 Å². The van der Waals surface area contributed by atoms with Gasteiger partial charge in [-0.25, -0.2) is 4.98 Å². The SMILES string of the molecule is Cl.Cl.Cl.NC(=O)c1ccc(C=NN2CCN(c3ccccn3)CC2)cc1. The quantitative estimate of drug-likeness (QED) is 0.775. The molecule has 3 rings (SSSR count). The lowest BCUT2D eigenvalue weighted by molar-refractivity contribution is 0.100. The number of benzene rings is 1. The van der Waals surface area contributed by atoms with Crippen LogP contribution < -0.4 is 10.6 Å². The lowest BCUT2D eigenvalue weighted by Gasteiger charge is -2.33. The number of pyridine rings is 1. The number of primary amides is 1. The van der Waals surface area contributed by atoms with Gasteiger partial charge < -0.3 is 10.6 Å². The maximum atomic E-state index is 11.0. The van der Waals surface area contributed by atoms with Crippen molar-refractivity contribution < 1.29 is 4.79 Å². The number of carbonyl (C=O) groups is 1. The second-order valence-corrected chi connectivity index (χ2v) is 5.36. The Labute approximate surface area is 171 Å². The maximum Gasteiger partial charge on any atom is 0.248 e. The normalized spacial score (nSPS) is 13.4. The number of hydrazone groups is 1. The number of piperazine rings is 1. The summed E-state index contributed by atoms with van der Waals surface area (Å²) >= 11 is 0. The molecule has 1 aromatic carbocycles. The van der Waals surface area contributed by atoms with E-state index in [2.05, 4.69) is 15.0 Å². The molecule has 1 fully saturated rings. The molecule has 1 aliphatic heterocycles. The minimum absolute atomic E-state index is 0. The fraction of sp³-hybridized carbons (Fsp3) is 0.235. The van der Waals surface area contributed by atoms with Gasteiger partial charge in [0.25, 0.3) is 0 Å². The van der Waals surface area contributed by atoms with Crippen molar-refractivity contribution in [3.05, 3.63) is 59.8 Å². The topological polar surface area (TPSA) is 74.8 Å². The van der Waals surface area contributed by atoms with E-state index in [0.717, 1.165) is 37.6 Å². The van der Waals surface area contributed by atoms with Crippen LogP contribution >= 0.6 is 37.2 Å². The van der Waals surface area contributed by atoms with Crippen molar-refractivity contribution in [2.24, 2.45) is 10.8 Å². The lowest BCUT2D eigenvalue weighted by atomic mass is 10.1. The molecule has 0 radical (unpaired) electrons. The Kier molecular flexibility index (Phi) is 10.7. The fourth-order valence-electron chi connectivity index (χ4n) is 2.46. The number of amides is 1. The minimum atomic E-state index is -0.417. The molecule has 0 unspecified atom stereocenters. The minimum Gasteiger partial charge on any atom is -0.366 e. The van der Waals surface area contributed by atoms with Crippen molar-refractivity contribution in [3.63, 3.8) is 0 Å². The third kappa shape index (κ3) is 6.37. The van der Waals surface area contributed by atoms with E-state index in [-0.39, 0.29) is 37.2 Å². The summed E-state index contributed by atoms with van der Waals surface area (Å²) in [6, 6.07) is 13.1. The smallest absolute Gasteiger partial charge is 0.248 e. The van der Waals surface area contributed by atoms with Gasteiger partial charge in [-0.05, 0) is 29.8 Å². The number of hydrogen-bond donors (Lipinski definition) is 1. The molecule has 2 N–H and O–H groups in total. The molecule has 2 heterocycles. The van der Waals surface area contributed by atoms with Crippen molar-refractivity contribution in [2.75, 3.05) is 31.1 Å². The summed E-state index contributed by atoms with van der Waals surface area (Å²) in [6.07, 6.45) is 3.62. The Morgan fingerprint density at radius 1 is 1.00 bits per heavy atom. The predicted molar refractivity (Wildman–Crippen MR) is 112 cm³/mol. The molecule has 0 saturated carbocycles. The Bertz CT molecular complexity index is 689. The Hall–Kier alpha value is -2.02. The molecule has 1 aliphatic rings. The highest BCUT2D eigenvalue weighted by atomic mass is 35.5. The Morgan fingerprint density at radius 3 is 2.19 bits per heavy atom. The third-order valence-electron chi connectivity index (χ3n) is 3.79. The Balaban J connectivity index is 0.00000208. The van der Waals surface area contributed by atoms with Gasteiger partial charge >= 0.3 is 0 Å². The number of aromatic nitrogens is 1. The molecule has 1 saturated heterocycles. The second kappa shape index (κ2) is 11.6. The molecule has 0 atom stereocenters. The number of hydrogen-bond acceptors (Lipinski definition) is 5. The van der Waals surface area contributed by atoms with Crippen LogP contribution in [-0.4, -0.2) is 48.3 Å². The summed E-state index contributed by atoms with van der Waals surface area (Å²) in [5.74, 6) is 0.595. The highest BCUT2D eigenvalue weighted by Crippen LogP contribution is 2.12. The summed E-state index contributed by atoms with van der Waals surface area (Å²) in [7, 11) is 0. The number of carbonyl (C=O) groups excluding carboxylic acids is 1. The van der Waals surface area contributed by atoms with Crippen LogP contribution in [0, 0.1) is 0 Å². The first-order valence-electron chi connectivity index (χ1n) is 7.57. The van der Waals surface area contributed by atoms with Crippen LogP contribution in [-0.2, 0) is 0 Å². The first-order chi connectivity index (χ1) is 11.2. The molecule has 0 bridgehead atoms. The summed E-state index contributed by atoms with van der Waals surface area (Å²) in [5, 5.41) is 6.54. The van der Waals surface area contributed by atoms with Crippen molar-refractivity contribution in [1.82, 2.24) is 9.99 Å². The van der Waals surface area contributed by atoms with Gasteiger partial charge in [-0.1, -0.05) is 18.2 Å². The zero-order chi connectivity index (χ0) is 16.1. The highest BCUT2D eigenvalue weighted by Gasteiger charge is 2.16. The number of rotatable bonds is 4. The number of nitrogens with zero attached hydrogens (tertiary/aromatic N) is 4. The van der Waals surface area contributed by atoms with Gasteiger partial charge in [0.05, 0.1) is 19.3 Å². The van der Waals surface area contributed by atoms with E-state index in [1.807, 2.05) is 41.5 Å². The van der Waals surface area contributed by atoms with Crippen LogP contribution in [0.15, 0.2) is 53.8 Å². The molecular formula is C17H22Cl3N5O. The molecule has 0 spiro atoms. The molecule has 1 aromatic heterocycles. The first kappa shape index (κ1) is 24.0. The van der Waals surface area contributed by atoms with E-state index < -0.39 is 5.91 Å². The number of anilines is 1. The van der Waals surface area contributed by atoms with E-state index >= 15 is 0 Å². The van der Waals surface area contributed by atoms with E-state index in [4.69, 9.17) is 5.73 Å². The summed E-state index contributed by atoms with van der Waals surface area (Å²) in [4.78, 5) is 17.7.